The highest BCUT2D eigenvalue weighted by molar-refractivity contribution is 7.80. The van der Waals surface area contributed by atoms with Gasteiger partial charge < -0.3 is 4.74 Å². The minimum atomic E-state index is -0.569. The third-order valence-corrected chi connectivity index (χ3v) is 3.41. The van der Waals surface area contributed by atoms with Gasteiger partial charge in [0.1, 0.15) is 5.75 Å². The summed E-state index contributed by atoms with van der Waals surface area (Å²) >= 11 is 4.93. The molecule has 0 saturated carbocycles. The quantitative estimate of drug-likeness (QED) is 0.421. The van der Waals surface area contributed by atoms with Crippen LogP contribution in [0.25, 0.3) is 0 Å². The van der Waals surface area contributed by atoms with Crippen LogP contribution in [0.5, 0.6) is 5.75 Å². The molecule has 26 heavy (non-hydrogen) atoms. The first-order valence-corrected chi connectivity index (χ1v) is 7.61. The maximum Gasteiger partial charge on any atom is 0.269 e. The molecule has 0 atom stereocenters. The van der Waals surface area contributed by atoms with E-state index in [0.717, 1.165) is 0 Å². The van der Waals surface area contributed by atoms with Crippen LogP contribution < -0.4 is 20.9 Å². The smallest absolute Gasteiger partial charge is 0.269 e. The monoisotopic (exact) mass is 374 g/mol. The predicted octanol–water partition coefficient (Wildman–Crippen LogP) is 1.55. The van der Waals surface area contributed by atoms with Crippen molar-refractivity contribution in [1.29, 1.82) is 0 Å². The summed E-state index contributed by atoms with van der Waals surface area (Å²) in [6, 6.07) is 11.4. The third-order valence-electron chi connectivity index (χ3n) is 3.21. The van der Waals surface area contributed by atoms with E-state index in [1.165, 1.54) is 31.4 Å². The summed E-state index contributed by atoms with van der Waals surface area (Å²) in [4.78, 5) is 34.0. The standard InChI is InChI=1S/C16H14N4O5S/c1-25-13-8-4-10(5-9-13)14(21)17-16(26)19-18-15(22)11-2-6-12(7-3-11)20(23)24/h2-9H,1H3,(H,18,22)(H2,17,19,21,26). The number of amides is 2. The molecular formula is C16H14N4O5S. The number of carbonyl (C=O) groups is 2. The zero-order valence-corrected chi connectivity index (χ0v) is 14.3. The maximum atomic E-state index is 12.0. The van der Waals surface area contributed by atoms with Crippen molar-refractivity contribution in [3.63, 3.8) is 0 Å². The van der Waals surface area contributed by atoms with Crippen LogP contribution in [0.4, 0.5) is 5.69 Å². The molecule has 134 valence electrons. The number of hydrazine groups is 1. The van der Waals surface area contributed by atoms with Gasteiger partial charge in [-0.15, -0.1) is 0 Å². The number of nitrogens with zero attached hydrogens (tertiary/aromatic N) is 1. The largest absolute Gasteiger partial charge is 0.497 e. The predicted molar refractivity (Wildman–Crippen MR) is 96.8 cm³/mol. The average Bonchev–Trinajstić information content (AvgIpc) is 2.66. The van der Waals surface area contributed by atoms with Crippen LogP contribution in [-0.4, -0.2) is 29.0 Å². The highest BCUT2D eigenvalue weighted by Gasteiger charge is 2.11. The van der Waals surface area contributed by atoms with E-state index in [1.54, 1.807) is 24.3 Å². The number of nitro groups is 1. The fraction of sp³-hybridized carbons (Fsp3) is 0.0625. The second-order valence-corrected chi connectivity index (χ2v) is 5.30. The van der Waals surface area contributed by atoms with Gasteiger partial charge in [0.05, 0.1) is 12.0 Å². The van der Waals surface area contributed by atoms with Gasteiger partial charge in [-0.2, -0.15) is 0 Å². The van der Waals surface area contributed by atoms with Gasteiger partial charge in [-0.05, 0) is 48.6 Å². The van der Waals surface area contributed by atoms with Crippen LogP contribution in [-0.2, 0) is 0 Å². The van der Waals surface area contributed by atoms with Crippen LogP contribution in [0.15, 0.2) is 48.5 Å². The van der Waals surface area contributed by atoms with Crippen molar-refractivity contribution in [2.45, 2.75) is 0 Å². The normalized spacial score (nSPS) is 9.73. The molecule has 0 fully saturated rings. The maximum absolute atomic E-state index is 12.0. The molecule has 3 N–H and O–H groups in total. The van der Waals surface area contributed by atoms with Crippen LogP contribution in [0.1, 0.15) is 20.7 Å². The lowest BCUT2D eigenvalue weighted by Gasteiger charge is -2.11. The molecule has 0 aliphatic heterocycles. The van der Waals surface area contributed by atoms with Gasteiger partial charge in [-0.1, -0.05) is 0 Å². The average molecular weight is 374 g/mol. The van der Waals surface area contributed by atoms with E-state index >= 15 is 0 Å². The molecule has 0 aliphatic rings. The van der Waals surface area contributed by atoms with Gasteiger partial charge in [0.25, 0.3) is 17.5 Å². The Hall–Kier alpha value is -3.53. The molecule has 2 aromatic carbocycles. The fourth-order valence-corrected chi connectivity index (χ4v) is 2.01. The zero-order chi connectivity index (χ0) is 19.1. The second kappa shape index (κ2) is 8.53. The molecule has 0 aliphatic carbocycles. The second-order valence-electron chi connectivity index (χ2n) is 4.89. The first-order chi connectivity index (χ1) is 12.4. The summed E-state index contributed by atoms with van der Waals surface area (Å²) < 4.78 is 5.00. The number of nitro benzene ring substituents is 1. The van der Waals surface area contributed by atoms with Gasteiger partial charge in [0.15, 0.2) is 5.11 Å². The van der Waals surface area contributed by atoms with Crippen LogP contribution in [0.2, 0.25) is 0 Å². The molecule has 2 amide bonds. The van der Waals surface area contributed by atoms with E-state index in [2.05, 4.69) is 16.2 Å². The fourth-order valence-electron chi connectivity index (χ4n) is 1.87. The van der Waals surface area contributed by atoms with Crippen LogP contribution in [0.3, 0.4) is 0 Å². The molecule has 0 unspecified atom stereocenters. The Morgan fingerprint density at radius 2 is 1.50 bits per heavy atom. The number of hydrogen-bond acceptors (Lipinski definition) is 6. The van der Waals surface area contributed by atoms with Crippen molar-refractivity contribution in [1.82, 2.24) is 16.2 Å². The number of benzene rings is 2. The molecule has 2 rings (SSSR count). The number of methoxy groups -OCH3 is 1. The summed E-state index contributed by atoms with van der Waals surface area (Å²) in [5.41, 5.74) is 5.09. The Morgan fingerprint density at radius 3 is 2.04 bits per heavy atom. The number of nitrogens with one attached hydrogen (secondary N) is 3. The Bertz CT molecular complexity index is 837. The number of ether oxygens (including phenoxy) is 1. The summed E-state index contributed by atoms with van der Waals surface area (Å²) in [7, 11) is 1.52. The van der Waals surface area contributed by atoms with Gasteiger partial charge in [0.2, 0.25) is 0 Å². The third kappa shape index (κ3) is 4.98. The van der Waals surface area contributed by atoms with Crippen molar-refractivity contribution in [3.8, 4) is 5.75 Å². The molecule has 0 radical (unpaired) electrons. The van der Waals surface area contributed by atoms with E-state index in [-0.39, 0.29) is 16.4 Å². The van der Waals surface area contributed by atoms with Crippen molar-refractivity contribution in [2.24, 2.45) is 0 Å². The summed E-state index contributed by atoms with van der Waals surface area (Å²) in [5, 5.41) is 12.9. The Morgan fingerprint density at radius 1 is 0.962 bits per heavy atom. The summed E-state index contributed by atoms with van der Waals surface area (Å²) in [6.45, 7) is 0. The van der Waals surface area contributed by atoms with Crippen LogP contribution >= 0.6 is 12.2 Å². The lowest BCUT2D eigenvalue weighted by atomic mass is 10.2. The topological polar surface area (TPSA) is 123 Å². The molecule has 0 bridgehead atoms. The molecule has 10 heteroatoms. The van der Waals surface area contributed by atoms with Crippen molar-refractivity contribution in [2.75, 3.05) is 7.11 Å². The van der Waals surface area contributed by atoms with E-state index < -0.39 is 16.7 Å². The number of rotatable bonds is 4. The molecule has 2 aromatic rings. The van der Waals surface area contributed by atoms with E-state index in [1.807, 2.05) is 0 Å². The van der Waals surface area contributed by atoms with Crippen molar-refractivity contribution < 1.29 is 19.2 Å². The summed E-state index contributed by atoms with van der Waals surface area (Å²) in [6.07, 6.45) is 0. The lowest BCUT2D eigenvalue weighted by molar-refractivity contribution is -0.384. The first-order valence-electron chi connectivity index (χ1n) is 7.21. The molecule has 0 saturated heterocycles. The highest BCUT2D eigenvalue weighted by Crippen LogP contribution is 2.12. The van der Waals surface area contributed by atoms with Gasteiger partial charge >= 0.3 is 0 Å². The lowest BCUT2D eigenvalue weighted by Crippen LogP contribution is -2.48. The van der Waals surface area contributed by atoms with Crippen LogP contribution in [0, 0.1) is 10.1 Å². The molecule has 9 nitrogen and oxygen atoms in total. The van der Waals surface area contributed by atoms with Crippen molar-refractivity contribution >= 4 is 34.8 Å². The van der Waals surface area contributed by atoms with Gasteiger partial charge in [-0.3, -0.25) is 35.9 Å². The Balaban J connectivity index is 1.86. The molecular weight excluding hydrogens is 360 g/mol. The first kappa shape index (κ1) is 18.8. The Kier molecular flexibility index (Phi) is 6.17. The van der Waals surface area contributed by atoms with E-state index in [9.17, 15) is 19.7 Å². The minimum absolute atomic E-state index is 0.110. The highest BCUT2D eigenvalue weighted by atomic mass is 32.1. The SMILES string of the molecule is COc1ccc(C(=O)NC(=S)NNC(=O)c2ccc([N+](=O)[O-])cc2)cc1. The zero-order valence-electron chi connectivity index (χ0n) is 13.5. The van der Waals surface area contributed by atoms with E-state index in [0.29, 0.717) is 11.3 Å². The van der Waals surface area contributed by atoms with Gasteiger partial charge in [0, 0.05) is 23.3 Å². The minimum Gasteiger partial charge on any atom is -0.497 e. The Labute approximate surface area is 153 Å². The van der Waals surface area contributed by atoms with E-state index in [4.69, 9.17) is 17.0 Å². The molecule has 0 spiro atoms. The molecule has 0 aromatic heterocycles. The number of hydrogen-bond donors (Lipinski definition) is 3. The number of carbonyl (C=O) groups excluding carboxylic acids is 2. The van der Waals surface area contributed by atoms with Crippen molar-refractivity contribution in [3.05, 3.63) is 69.8 Å². The molecule has 0 heterocycles. The summed E-state index contributed by atoms with van der Waals surface area (Å²) in [5.74, 6) is -0.423. The van der Waals surface area contributed by atoms with Gasteiger partial charge in [-0.25, -0.2) is 0 Å². The number of non-ortho nitro benzene ring substituents is 1. The number of thiocarbonyl (C=S) groups is 1.